The number of likely N-dealkylation sites (tertiary alicyclic amines) is 1. The first-order chi connectivity index (χ1) is 14.4. The molecule has 1 saturated heterocycles. The highest BCUT2D eigenvalue weighted by molar-refractivity contribution is 7.89. The van der Waals surface area contributed by atoms with Crippen molar-refractivity contribution in [2.24, 2.45) is 16.0 Å². The average molecular weight is 436 g/mol. The number of carbonyl (C=O) groups is 1. The summed E-state index contributed by atoms with van der Waals surface area (Å²) in [5.41, 5.74) is 0.889. The molecule has 8 nitrogen and oxygen atoms in total. The summed E-state index contributed by atoms with van der Waals surface area (Å²) in [5.74, 6) is 1.22. The number of benzene rings is 1. The Morgan fingerprint density at radius 3 is 2.50 bits per heavy atom. The summed E-state index contributed by atoms with van der Waals surface area (Å²) in [7, 11) is -3.69. The molecule has 1 heterocycles. The zero-order valence-corrected chi connectivity index (χ0v) is 18.5. The zero-order chi connectivity index (χ0) is 21.6. The van der Waals surface area contributed by atoms with Crippen molar-refractivity contribution in [3.63, 3.8) is 0 Å². The van der Waals surface area contributed by atoms with Gasteiger partial charge in [0.05, 0.1) is 11.4 Å². The maximum Gasteiger partial charge on any atom is 0.238 e. The van der Waals surface area contributed by atoms with E-state index >= 15 is 0 Å². The van der Waals surface area contributed by atoms with E-state index in [0.717, 1.165) is 37.9 Å². The van der Waals surface area contributed by atoms with Crippen LogP contribution in [-0.4, -0.2) is 50.9 Å². The lowest BCUT2D eigenvalue weighted by Gasteiger charge is -2.26. The third-order valence-corrected chi connectivity index (χ3v) is 6.74. The predicted octanol–water partition coefficient (Wildman–Crippen LogP) is 1.57. The minimum Gasteiger partial charge on any atom is -0.357 e. The number of rotatable bonds is 6. The molecule has 4 N–H and O–H groups in total. The third kappa shape index (κ3) is 6.18. The number of guanidine groups is 1. The van der Waals surface area contributed by atoms with Gasteiger partial charge in [0.15, 0.2) is 5.96 Å². The van der Waals surface area contributed by atoms with E-state index in [1.54, 1.807) is 12.1 Å². The summed E-state index contributed by atoms with van der Waals surface area (Å²) < 4.78 is 22.7. The molecule has 1 aromatic carbocycles. The Morgan fingerprint density at radius 2 is 1.87 bits per heavy atom. The minimum atomic E-state index is -3.69. The summed E-state index contributed by atoms with van der Waals surface area (Å²) in [6, 6.07) is 6.60. The van der Waals surface area contributed by atoms with Crippen molar-refractivity contribution in [2.45, 2.75) is 62.9 Å². The first-order valence-electron chi connectivity index (χ1n) is 10.8. The smallest absolute Gasteiger partial charge is 0.238 e. The van der Waals surface area contributed by atoms with E-state index in [2.05, 4.69) is 15.6 Å². The van der Waals surface area contributed by atoms with Crippen molar-refractivity contribution in [3.05, 3.63) is 29.8 Å². The molecule has 166 valence electrons. The van der Waals surface area contributed by atoms with Crippen LogP contribution in [0.3, 0.4) is 0 Å². The Bertz CT molecular complexity index is 848. The van der Waals surface area contributed by atoms with Crippen molar-refractivity contribution < 1.29 is 13.2 Å². The Hall–Kier alpha value is -2.13. The molecule has 1 saturated carbocycles. The largest absolute Gasteiger partial charge is 0.357 e. The molecule has 2 aliphatic rings. The van der Waals surface area contributed by atoms with Crippen LogP contribution in [0.15, 0.2) is 34.2 Å². The van der Waals surface area contributed by atoms with E-state index in [-0.39, 0.29) is 16.9 Å². The number of nitrogens with zero attached hydrogens (tertiary/aromatic N) is 2. The van der Waals surface area contributed by atoms with Crippen LogP contribution in [0.2, 0.25) is 0 Å². The fraction of sp³-hybridized carbons (Fsp3) is 0.619. The number of nitrogens with one attached hydrogen (secondary N) is 2. The van der Waals surface area contributed by atoms with E-state index < -0.39 is 10.0 Å². The highest BCUT2D eigenvalue weighted by Crippen LogP contribution is 2.26. The molecular weight excluding hydrogens is 402 g/mol. The van der Waals surface area contributed by atoms with Crippen LogP contribution >= 0.6 is 0 Å². The van der Waals surface area contributed by atoms with Gasteiger partial charge in [-0.3, -0.25) is 4.79 Å². The van der Waals surface area contributed by atoms with Gasteiger partial charge >= 0.3 is 0 Å². The van der Waals surface area contributed by atoms with Gasteiger partial charge in [0.2, 0.25) is 15.9 Å². The Balaban J connectivity index is 1.55. The van der Waals surface area contributed by atoms with Crippen LogP contribution in [0, 0.1) is 5.92 Å². The number of hydrogen-bond acceptors (Lipinski definition) is 4. The molecule has 2 fully saturated rings. The van der Waals surface area contributed by atoms with E-state index in [1.165, 1.54) is 31.4 Å². The van der Waals surface area contributed by atoms with E-state index in [9.17, 15) is 13.2 Å². The predicted molar refractivity (Wildman–Crippen MR) is 117 cm³/mol. The van der Waals surface area contributed by atoms with Crippen LogP contribution in [0.4, 0.5) is 0 Å². The summed E-state index contributed by atoms with van der Waals surface area (Å²) in [5, 5.41) is 11.8. The minimum absolute atomic E-state index is 0.0916. The van der Waals surface area contributed by atoms with Gasteiger partial charge < -0.3 is 15.5 Å². The Morgan fingerprint density at radius 1 is 1.17 bits per heavy atom. The number of primary sulfonamides is 1. The zero-order valence-electron chi connectivity index (χ0n) is 17.6. The van der Waals surface area contributed by atoms with Gasteiger partial charge in [-0.1, -0.05) is 31.4 Å². The molecule has 30 heavy (non-hydrogen) atoms. The second-order valence-electron chi connectivity index (χ2n) is 8.13. The summed E-state index contributed by atoms with van der Waals surface area (Å²) >= 11 is 0. The van der Waals surface area contributed by atoms with Gasteiger partial charge in [-0.25, -0.2) is 18.5 Å². The molecule has 0 aromatic heterocycles. The molecule has 1 aliphatic carbocycles. The number of hydrogen-bond donors (Lipinski definition) is 3. The summed E-state index contributed by atoms with van der Waals surface area (Å²) in [4.78, 5) is 19.5. The Kier molecular flexibility index (Phi) is 7.71. The quantitative estimate of drug-likeness (QED) is 0.463. The molecule has 9 heteroatoms. The lowest BCUT2D eigenvalue weighted by atomic mass is 9.88. The molecule has 1 unspecified atom stereocenters. The van der Waals surface area contributed by atoms with Crippen LogP contribution in [0.25, 0.3) is 0 Å². The van der Waals surface area contributed by atoms with Crippen molar-refractivity contribution in [1.82, 2.24) is 15.5 Å². The SMILES string of the molecule is CCNC(=NCc1ccc(S(N)(=O)=O)cc1)NC1CCN(C(=O)C2CCCCC2)C1. The fourth-order valence-corrected chi connectivity index (χ4v) is 4.67. The molecule has 0 spiro atoms. The average Bonchev–Trinajstić information content (AvgIpc) is 3.20. The number of aliphatic imine (C=N–C) groups is 1. The second-order valence-corrected chi connectivity index (χ2v) is 9.69. The molecule has 1 aliphatic heterocycles. The molecule has 3 rings (SSSR count). The van der Waals surface area contributed by atoms with E-state index in [1.807, 2.05) is 11.8 Å². The number of amides is 1. The lowest BCUT2D eigenvalue weighted by Crippen LogP contribution is -2.45. The lowest BCUT2D eigenvalue weighted by molar-refractivity contribution is -0.135. The molecule has 0 radical (unpaired) electrons. The van der Waals surface area contributed by atoms with E-state index in [0.29, 0.717) is 25.0 Å². The fourth-order valence-electron chi connectivity index (χ4n) is 4.15. The summed E-state index contributed by atoms with van der Waals surface area (Å²) in [6.07, 6.45) is 6.55. The van der Waals surface area contributed by atoms with Gasteiger partial charge in [0.1, 0.15) is 0 Å². The van der Waals surface area contributed by atoms with Crippen molar-refractivity contribution in [1.29, 1.82) is 0 Å². The topological polar surface area (TPSA) is 117 Å². The van der Waals surface area contributed by atoms with Gasteiger partial charge in [0, 0.05) is 31.6 Å². The molecule has 0 bridgehead atoms. The third-order valence-electron chi connectivity index (χ3n) is 5.81. The molecule has 1 atom stereocenters. The van der Waals surface area contributed by atoms with Crippen molar-refractivity contribution in [2.75, 3.05) is 19.6 Å². The normalized spacial score (nSPS) is 20.9. The van der Waals surface area contributed by atoms with Gasteiger partial charge in [0.25, 0.3) is 0 Å². The number of carbonyl (C=O) groups excluding carboxylic acids is 1. The van der Waals surface area contributed by atoms with Gasteiger partial charge in [-0.15, -0.1) is 0 Å². The maximum atomic E-state index is 12.8. The molecular formula is C21H33N5O3S. The highest BCUT2D eigenvalue weighted by atomic mass is 32.2. The first kappa shape index (κ1) is 22.6. The number of nitrogens with two attached hydrogens (primary N) is 1. The van der Waals surface area contributed by atoms with Gasteiger partial charge in [-0.05, 0) is 43.9 Å². The summed E-state index contributed by atoms with van der Waals surface area (Å²) in [6.45, 7) is 4.65. The standard InChI is InChI=1S/C21H33N5O3S/c1-2-23-21(24-14-16-8-10-19(11-9-16)30(22,28)29)25-18-12-13-26(15-18)20(27)17-6-4-3-5-7-17/h8-11,17-18H,2-7,12-15H2,1H3,(H2,22,28,29)(H2,23,24,25). The monoisotopic (exact) mass is 435 g/mol. The Labute approximate surface area is 179 Å². The number of sulfonamides is 1. The van der Waals surface area contributed by atoms with Crippen LogP contribution in [0.5, 0.6) is 0 Å². The van der Waals surface area contributed by atoms with E-state index in [4.69, 9.17) is 5.14 Å². The van der Waals surface area contributed by atoms with Crippen molar-refractivity contribution >= 4 is 21.9 Å². The first-order valence-corrected chi connectivity index (χ1v) is 12.4. The molecule has 1 amide bonds. The van der Waals surface area contributed by atoms with Crippen molar-refractivity contribution in [3.8, 4) is 0 Å². The molecule has 1 aromatic rings. The van der Waals surface area contributed by atoms with Gasteiger partial charge in [-0.2, -0.15) is 0 Å². The maximum absolute atomic E-state index is 12.8. The van der Waals surface area contributed by atoms with Crippen LogP contribution in [0.1, 0.15) is 51.0 Å². The highest BCUT2D eigenvalue weighted by Gasteiger charge is 2.31. The second kappa shape index (κ2) is 10.3. The van der Waals surface area contributed by atoms with Crippen LogP contribution < -0.4 is 15.8 Å². The van der Waals surface area contributed by atoms with Crippen LogP contribution in [-0.2, 0) is 21.4 Å².